The number of carbonyl (C=O) groups is 1. The van der Waals surface area contributed by atoms with Crippen LogP contribution in [0.5, 0.6) is 0 Å². The number of hydrogen-bond donors (Lipinski definition) is 1. The molecule has 0 fully saturated rings. The molecule has 0 heterocycles. The number of thiol groups is 1. The van der Waals surface area contributed by atoms with E-state index in [1.54, 1.807) is 0 Å². The largest absolute Gasteiger partial charge is 0.465 e. The fourth-order valence-corrected chi connectivity index (χ4v) is 2.64. The molecule has 2 nitrogen and oxygen atoms in total. The smallest absolute Gasteiger partial charge is 0.318 e. The average Bonchev–Trinajstić information content (AvgIpc) is 2.49. The fourth-order valence-electron chi connectivity index (χ4n) is 2.39. The maximum Gasteiger partial charge on any atom is 0.318 e. The predicted octanol–water partition coefficient (Wildman–Crippen LogP) is 5.94. The van der Waals surface area contributed by atoms with Gasteiger partial charge in [0.05, 0.1) is 11.9 Å². The van der Waals surface area contributed by atoms with Crippen LogP contribution in [0.4, 0.5) is 0 Å². The van der Waals surface area contributed by atoms with Crippen molar-refractivity contribution >= 4 is 18.6 Å². The first kappa shape index (κ1) is 20.8. The second-order valence-corrected chi connectivity index (χ2v) is 6.63. The van der Waals surface area contributed by atoms with Crippen LogP contribution in [0.2, 0.25) is 0 Å². The van der Waals surface area contributed by atoms with E-state index >= 15 is 0 Å². The summed E-state index contributed by atoms with van der Waals surface area (Å²) < 4.78 is 5.29. The van der Waals surface area contributed by atoms with Crippen molar-refractivity contribution in [3.63, 3.8) is 0 Å². The predicted molar refractivity (Wildman–Crippen MR) is 95.1 cm³/mol. The summed E-state index contributed by atoms with van der Waals surface area (Å²) in [6.07, 6.45) is 15.7. The van der Waals surface area contributed by atoms with Gasteiger partial charge < -0.3 is 4.74 Å². The van der Waals surface area contributed by atoms with Gasteiger partial charge in [-0.3, -0.25) is 4.79 Å². The molecule has 3 heteroatoms. The van der Waals surface area contributed by atoms with E-state index in [2.05, 4.69) is 26.5 Å². The molecule has 0 aliphatic rings. The van der Waals surface area contributed by atoms with E-state index in [9.17, 15) is 4.79 Å². The molecule has 0 aromatic heterocycles. The monoisotopic (exact) mass is 316 g/mol. The van der Waals surface area contributed by atoms with Gasteiger partial charge in [-0.2, -0.15) is 12.6 Å². The second-order valence-electron chi connectivity index (χ2n) is 6.01. The zero-order valence-electron chi connectivity index (χ0n) is 14.2. The molecule has 0 saturated carbocycles. The highest BCUT2D eigenvalue weighted by atomic mass is 32.1. The number of ether oxygens (including phenoxy) is 1. The summed E-state index contributed by atoms with van der Waals surface area (Å²) >= 11 is 4.37. The van der Waals surface area contributed by atoms with Gasteiger partial charge in [-0.15, -0.1) is 0 Å². The number of carbonyl (C=O) groups excluding carboxylic acids is 1. The molecule has 1 atom stereocenters. The number of unbranched alkanes of at least 4 members (excludes halogenated alkanes) is 10. The van der Waals surface area contributed by atoms with Crippen LogP contribution in [0.1, 0.15) is 97.3 Å². The first-order valence-corrected chi connectivity index (χ1v) is 9.58. The first-order chi connectivity index (χ1) is 10.2. The lowest BCUT2D eigenvalue weighted by Crippen LogP contribution is -2.18. The van der Waals surface area contributed by atoms with Gasteiger partial charge in [-0.05, 0) is 12.8 Å². The minimum absolute atomic E-state index is 0.125. The van der Waals surface area contributed by atoms with Crippen LogP contribution < -0.4 is 0 Å². The quantitative estimate of drug-likeness (QED) is 0.230. The zero-order valence-corrected chi connectivity index (χ0v) is 15.1. The highest BCUT2D eigenvalue weighted by Gasteiger charge is 2.14. The molecule has 0 aliphatic heterocycles. The highest BCUT2D eigenvalue weighted by Crippen LogP contribution is 2.13. The summed E-state index contributed by atoms with van der Waals surface area (Å²) in [5, 5.41) is -0.226. The van der Waals surface area contributed by atoms with Crippen molar-refractivity contribution < 1.29 is 9.53 Å². The second kappa shape index (κ2) is 16.2. The molecule has 0 amide bonds. The van der Waals surface area contributed by atoms with Crippen molar-refractivity contribution in [3.05, 3.63) is 0 Å². The maximum absolute atomic E-state index is 11.7. The van der Waals surface area contributed by atoms with Gasteiger partial charge in [-0.1, -0.05) is 84.5 Å². The molecule has 0 bridgehead atoms. The van der Waals surface area contributed by atoms with Crippen LogP contribution in [0.25, 0.3) is 0 Å². The lowest BCUT2D eigenvalue weighted by Gasteiger charge is -2.10. The molecule has 0 radical (unpaired) electrons. The highest BCUT2D eigenvalue weighted by molar-refractivity contribution is 7.81. The Labute approximate surface area is 137 Å². The van der Waals surface area contributed by atoms with Crippen molar-refractivity contribution in [2.75, 3.05) is 6.61 Å². The normalized spacial score (nSPS) is 12.3. The summed E-state index contributed by atoms with van der Waals surface area (Å²) in [5.41, 5.74) is 0. The van der Waals surface area contributed by atoms with E-state index < -0.39 is 0 Å². The zero-order chi connectivity index (χ0) is 15.8. The molecule has 0 aromatic carbocycles. The lowest BCUT2D eigenvalue weighted by molar-refractivity contribution is -0.143. The number of hydrogen-bond acceptors (Lipinski definition) is 3. The Bertz CT molecular complexity index is 231. The van der Waals surface area contributed by atoms with Gasteiger partial charge in [0.1, 0.15) is 0 Å². The molecular weight excluding hydrogens is 280 g/mol. The van der Waals surface area contributed by atoms with E-state index in [0.29, 0.717) is 6.61 Å². The van der Waals surface area contributed by atoms with Crippen LogP contribution >= 0.6 is 12.6 Å². The molecule has 0 aromatic rings. The Morgan fingerprint density at radius 2 is 1.29 bits per heavy atom. The summed E-state index contributed by atoms with van der Waals surface area (Å²) in [6.45, 7) is 5.01. The molecule has 0 saturated heterocycles. The van der Waals surface area contributed by atoms with Gasteiger partial charge in [0, 0.05) is 0 Å². The van der Waals surface area contributed by atoms with Crippen LogP contribution in [0, 0.1) is 0 Å². The van der Waals surface area contributed by atoms with Gasteiger partial charge >= 0.3 is 5.97 Å². The van der Waals surface area contributed by atoms with Crippen LogP contribution in [0.3, 0.4) is 0 Å². The third-order valence-electron chi connectivity index (χ3n) is 3.85. The molecule has 126 valence electrons. The van der Waals surface area contributed by atoms with Crippen LogP contribution in [-0.2, 0) is 9.53 Å². The van der Waals surface area contributed by atoms with Gasteiger partial charge in [0.2, 0.25) is 0 Å². The summed E-state index contributed by atoms with van der Waals surface area (Å²) in [4.78, 5) is 11.7. The van der Waals surface area contributed by atoms with E-state index in [4.69, 9.17) is 4.74 Å². The van der Waals surface area contributed by atoms with Crippen molar-refractivity contribution in [1.82, 2.24) is 0 Å². The molecule has 0 rings (SSSR count). The first-order valence-electron chi connectivity index (χ1n) is 9.07. The average molecular weight is 317 g/mol. The molecule has 21 heavy (non-hydrogen) atoms. The molecule has 0 spiro atoms. The van der Waals surface area contributed by atoms with Crippen molar-refractivity contribution in [3.8, 4) is 0 Å². The third kappa shape index (κ3) is 14.5. The summed E-state index contributed by atoms with van der Waals surface area (Å²) in [6, 6.07) is 0. The Balaban J connectivity index is 3.36. The number of rotatable bonds is 15. The lowest BCUT2D eigenvalue weighted by atomic mass is 10.1. The van der Waals surface area contributed by atoms with Gasteiger partial charge in [0.15, 0.2) is 0 Å². The standard InChI is InChI=1S/C18H36O2S/c1-3-5-7-9-11-13-15-17(21)18(19)20-16-14-12-10-8-6-4-2/h17,21H,3-16H2,1-2H3. The SMILES string of the molecule is CCCCCCCCOC(=O)C(S)CCCCCCCC. The van der Waals surface area contributed by atoms with Crippen molar-refractivity contribution in [1.29, 1.82) is 0 Å². The van der Waals surface area contributed by atoms with Gasteiger partial charge in [0.25, 0.3) is 0 Å². The number of esters is 1. The van der Waals surface area contributed by atoms with Crippen molar-refractivity contribution in [2.24, 2.45) is 0 Å². The maximum atomic E-state index is 11.7. The molecular formula is C18H36O2S. The Morgan fingerprint density at radius 1 is 0.810 bits per heavy atom. The van der Waals surface area contributed by atoms with Crippen molar-refractivity contribution in [2.45, 2.75) is 103 Å². The van der Waals surface area contributed by atoms with E-state index in [0.717, 1.165) is 19.3 Å². The van der Waals surface area contributed by atoms with Crippen LogP contribution in [0.15, 0.2) is 0 Å². The third-order valence-corrected chi connectivity index (χ3v) is 4.31. The minimum Gasteiger partial charge on any atom is -0.465 e. The topological polar surface area (TPSA) is 26.3 Å². The van der Waals surface area contributed by atoms with Crippen LogP contribution in [-0.4, -0.2) is 17.8 Å². The van der Waals surface area contributed by atoms with Gasteiger partial charge in [-0.25, -0.2) is 0 Å². The Kier molecular flexibility index (Phi) is 16.1. The Morgan fingerprint density at radius 3 is 1.86 bits per heavy atom. The van der Waals surface area contributed by atoms with E-state index in [1.807, 2.05) is 0 Å². The summed E-state index contributed by atoms with van der Waals surface area (Å²) in [5.74, 6) is -0.125. The molecule has 0 N–H and O–H groups in total. The van der Waals surface area contributed by atoms with E-state index in [1.165, 1.54) is 64.2 Å². The molecule has 1 unspecified atom stereocenters. The Hall–Kier alpha value is -0.180. The fraction of sp³-hybridized carbons (Fsp3) is 0.944. The molecule has 0 aliphatic carbocycles. The minimum atomic E-state index is -0.226. The summed E-state index contributed by atoms with van der Waals surface area (Å²) in [7, 11) is 0. The van der Waals surface area contributed by atoms with E-state index in [-0.39, 0.29) is 11.2 Å².